The zero-order chi connectivity index (χ0) is 13.4. The summed E-state index contributed by atoms with van der Waals surface area (Å²) in [6, 6.07) is 6.86. The lowest BCUT2D eigenvalue weighted by atomic mass is 9.99. The Kier molecular flexibility index (Phi) is 3.27. The highest BCUT2D eigenvalue weighted by molar-refractivity contribution is 5.62. The monoisotopic (exact) mass is 262 g/mol. The van der Waals surface area contributed by atoms with E-state index in [2.05, 4.69) is 11.0 Å². The molecule has 0 amide bonds. The number of hydrogen-bond acceptors (Lipinski definition) is 4. The molecule has 2 unspecified atom stereocenters. The van der Waals surface area contributed by atoms with Crippen molar-refractivity contribution in [2.75, 3.05) is 17.2 Å². The van der Waals surface area contributed by atoms with Gasteiger partial charge in [-0.05, 0) is 38.7 Å². The molecule has 2 bridgehead atoms. The second kappa shape index (κ2) is 4.93. The Morgan fingerprint density at radius 3 is 2.58 bits per heavy atom. The number of ether oxygens (including phenoxy) is 1. The Balaban J connectivity index is 1.90. The molecular formula is C15H22N2O2. The number of benzene rings is 1. The molecule has 104 valence electrons. The van der Waals surface area contributed by atoms with Gasteiger partial charge in [0.25, 0.3) is 0 Å². The SMILES string of the molecule is CCOc1cc(N)cc(N2C3CCC2CC(O)C3)c1. The van der Waals surface area contributed by atoms with Crippen LogP contribution in [0.4, 0.5) is 11.4 Å². The third-order valence-corrected chi connectivity index (χ3v) is 4.23. The van der Waals surface area contributed by atoms with E-state index in [4.69, 9.17) is 10.5 Å². The summed E-state index contributed by atoms with van der Waals surface area (Å²) in [5.74, 6) is 0.836. The van der Waals surface area contributed by atoms with Crippen LogP contribution < -0.4 is 15.4 Å². The van der Waals surface area contributed by atoms with Crippen molar-refractivity contribution >= 4 is 11.4 Å². The third-order valence-electron chi connectivity index (χ3n) is 4.23. The van der Waals surface area contributed by atoms with E-state index in [0.29, 0.717) is 18.7 Å². The maximum absolute atomic E-state index is 9.87. The van der Waals surface area contributed by atoms with E-state index in [9.17, 15) is 5.11 Å². The van der Waals surface area contributed by atoms with Crippen LogP contribution in [0.15, 0.2) is 18.2 Å². The van der Waals surface area contributed by atoms with Crippen LogP contribution in [0.25, 0.3) is 0 Å². The van der Waals surface area contributed by atoms with Gasteiger partial charge in [0.2, 0.25) is 0 Å². The number of aliphatic hydroxyl groups is 1. The molecule has 0 aromatic heterocycles. The molecule has 2 atom stereocenters. The van der Waals surface area contributed by atoms with Crippen LogP contribution in [0.2, 0.25) is 0 Å². The lowest BCUT2D eigenvalue weighted by Crippen LogP contribution is -2.44. The fourth-order valence-corrected chi connectivity index (χ4v) is 3.57. The molecule has 2 aliphatic heterocycles. The summed E-state index contributed by atoms with van der Waals surface area (Å²) in [4.78, 5) is 2.44. The van der Waals surface area contributed by atoms with Crippen molar-refractivity contribution in [1.29, 1.82) is 0 Å². The smallest absolute Gasteiger partial charge is 0.123 e. The molecule has 4 nitrogen and oxygen atoms in total. The van der Waals surface area contributed by atoms with Gasteiger partial charge in [-0.15, -0.1) is 0 Å². The topological polar surface area (TPSA) is 58.7 Å². The van der Waals surface area contributed by atoms with Crippen molar-refractivity contribution in [2.24, 2.45) is 0 Å². The van der Waals surface area contributed by atoms with Gasteiger partial charge in [-0.2, -0.15) is 0 Å². The number of nitrogen functional groups attached to an aromatic ring is 1. The lowest BCUT2D eigenvalue weighted by molar-refractivity contribution is 0.126. The average Bonchev–Trinajstić information content (AvgIpc) is 2.61. The minimum atomic E-state index is -0.138. The standard InChI is InChI=1S/C15H22N2O2/c1-2-19-15-6-10(16)5-13(9-15)17-11-3-4-12(17)8-14(18)7-11/h5-6,9,11-12,14,18H,2-4,7-8,16H2,1H3. The molecule has 2 aliphatic rings. The first kappa shape index (κ1) is 12.6. The van der Waals surface area contributed by atoms with Crippen LogP contribution in [0.1, 0.15) is 32.6 Å². The quantitative estimate of drug-likeness (QED) is 0.820. The predicted molar refractivity (Wildman–Crippen MR) is 76.6 cm³/mol. The summed E-state index contributed by atoms with van der Waals surface area (Å²) in [6.07, 6.45) is 3.94. The number of rotatable bonds is 3. The van der Waals surface area contributed by atoms with Gasteiger partial charge in [0.05, 0.1) is 12.7 Å². The highest BCUT2D eigenvalue weighted by Crippen LogP contribution is 2.40. The normalized spacial score (nSPS) is 29.6. The predicted octanol–water partition coefficient (Wildman–Crippen LogP) is 2.16. The van der Waals surface area contributed by atoms with Gasteiger partial charge in [-0.3, -0.25) is 0 Å². The fourth-order valence-electron chi connectivity index (χ4n) is 3.57. The zero-order valence-electron chi connectivity index (χ0n) is 11.4. The lowest BCUT2D eigenvalue weighted by Gasteiger charge is -2.39. The molecule has 0 spiro atoms. The van der Waals surface area contributed by atoms with Crippen molar-refractivity contribution in [3.8, 4) is 5.75 Å². The Labute approximate surface area is 114 Å². The Morgan fingerprint density at radius 1 is 1.26 bits per heavy atom. The first-order valence-corrected chi connectivity index (χ1v) is 7.17. The van der Waals surface area contributed by atoms with Crippen LogP contribution in [-0.2, 0) is 0 Å². The van der Waals surface area contributed by atoms with E-state index in [1.54, 1.807) is 0 Å². The number of nitrogens with zero attached hydrogens (tertiary/aromatic N) is 1. The second-order valence-electron chi connectivity index (χ2n) is 5.61. The number of piperidine rings is 1. The van der Waals surface area contributed by atoms with E-state index >= 15 is 0 Å². The fraction of sp³-hybridized carbons (Fsp3) is 0.600. The molecule has 2 saturated heterocycles. The molecule has 0 radical (unpaired) electrons. The Bertz CT molecular complexity index is 449. The van der Waals surface area contributed by atoms with E-state index in [0.717, 1.165) is 30.0 Å². The van der Waals surface area contributed by atoms with Crippen LogP contribution in [0, 0.1) is 0 Å². The molecule has 1 aromatic carbocycles. The first-order valence-electron chi connectivity index (χ1n) is 7.17. The first-order chi connectivity index (χ1) is 9.17. The Hall–Kier alpha value is -1.42. The maximum atomic E-state index is 9.87. The third kappa shape index (κ3) is 2.37. The number of nitrogens with two attached hydrogens (primary N) is 1. The number of anilines is 2. The summed E-state index contributed by atoms with van der Waals surface area (Å²) in [7, 11) is 0. The van der Waals surface area contributed by atoms with Gasteiger partial charge >= 0.3 is 0 Å². The van der Waals surface area contributed by atoms with Gasteiger partial charge in [0.1, 0.15) is 5.75 Å². The van der Waals surface area contributed by atoms with Gasteiger partial charge in [-0.1, -0.05) is 0 Å². The summed E-state index contributed by atoms with van der Waals surface area (Å²) < 4.78 is 5.57. The number of fused-ring (bicyclic) bond motifs is 2. The number of aliphatic hydroxyl groups excluding tert-OH is 1. The molecule has 3 N–H and O–H groups in total. The van der Waals surface area contributed by atoms with Crippen molar-refractivity contribution in [3.63, 3.8) is 0 Å². The van der Waals surface area contributed by atoms with Gasteiger partial charge in [0, 0.05) is 35.6 Å². The highest BCUT2D eigenvalue weighted by atomic mass is 16.5. The summed E-state index contributed by atoms with van der Waals surface area (Å²) in [6.45, 7) is 2.62. The van der Waals surface area contributed by atoms with Gasteiger partial charge in [0.15, 0.2) is 0 Å². The van der Waals surface area contributed by atoms with Crippen molar-refractivity contribution < 1.29 is 9.84 Å². The van der Waals surface area contributed by atoms with E-state index in [-0.39, 0.29) is 6.10 Å². The maximum Gasteiger partial charge on any atom is 0.123 e. The van der Waals surface area contributed by atoms with E-state index < -0.39 is 0 Å². The van der Waals surface area contributed by atoms with Crippen LogP contribution in [0.5, 0.6) is 5.75 Å². The molecule has 0 aliphatic carbocycles. The molecule has 2 heterocycles. The summed E-state index contributed by atoms with van der Waals surface area (Å²) in [5.41, 5.74) is 7.86. The van der Waals surface area contributed by atoms with Crippen LogP contribution in [-0.4, -0.2) is 29.9 Å². The number of hydrogen-bond donors (Lipinski definition) is 2. The van der Waals surface area contributed by atoms with E-state index in [1.807, 2.05) is 19.1 Å². The molecule has 3 rings (SSSR count). The molecule has 0 saturated carbocycles. The second-order valence-corrected chi connectivity index (χ2v) is 5.61. The minimum absolute atomic E-state index is 0.138. The molecular weight excluding hydrogens is 240 g/mol. The van der Waals surface area contributed by atoms with E-state index in [1.165, 1.54) is 12.8 Å². The Morgan fingerprint density at radius 2 is 1.95 bits per heavy atom. The highest BCUT2D eigenvalue weighted by Gasteiger charge is 2.40. The molecule has 4 heteroatoms. The zero-order valence-corrected chi connectivity index (χ0v) is 11.4. The molecule has 1 aromatic rings. The summed E-state index contributed by atoms with van der Waals surface area (Å²) in [5, 5.41) is 9.87. The average molecular weight is 262 g/mol. The van der Waals surface area contributed by atoms with Crippen LogP contribution in [0.3, 0.4) is 0 Å². The van der Waals surface area contributed by atoms with Crippen molar-refractivity contribution in [1.82, 2.24) is 0 Å². The van der Waals surface area contributed by atoms with Gasteiger partial charge < -0.3 is 20.5 Å². The minimum Gasteiger partial charge on any atom is -0.494 e. The van der Waals surface area contributed by atoms with Crippen molar-refractivity contribution in [3.05, 3.63) is 18.2 Å². The molecule has 2 fully saturated rings. The molecule has 19 heavy (non-hydrogen) atoms. The van der Waals surface area contributed by atoms with Crippen LogP contribution >= 0.6 is 0 Å². The van der Waals surface area contributed by atoms with Crippen molar-refractivity contribution in [2.45, 2.75) is 50.8 Å². The largest absolute Gasteiger partial charge is 0.494 e. The summed E-state index contributed by atoms with van der Waals surface area (Å²) >= 11 is 0. The van der Waals surface area contributed by atoms with Gasteiger partial charge in [-0.25, -0.2) is 0 Å².